The highest BCUT2D eigenvalue weighted by molar-refractivity contribution is 5.89. The van der Waals surface area contributed by atoms with Crippen molar-refractivity contribution >= 4 is 23.5 Å². The van der Waals surface area contributed by atoms with E-state index < -0.39 is 12.0 Å². The van der Waals surface area contributed by atoms with E-state index in [4.69, 9.17) is 0 Å². The zero-order valence-corrected chi connectivity index (χ0v) is 24.3. The van der Waals surface area contributed by atoms with Crippen LogP contribution in [0.1, 0.15) is 52.5 Å². The van der Waals surface area contributed by atoms with Crippen LogP contribution in [0.25, 0.3) is 33.6 Å². The predicted octanol–water partition coefficient (Wildman–Crippen LogP) is 5.79. The third kappa shape index (κ3) is 7.25. The Morgan fingerprint density at radius 3 is 2.17 bits per heavy atom. The molecule has 10 heteroatoms. The number of carbonyl (C=O) groups excluding carboxylic acids is 2. The van der Waals surface area contributed by atoms with Crippen molar-refractivity contribution in [2.75, 3.05) is 5.32 Å². The van der Waals surface area contributed by atoms with Gasteiger partial charge in [0, 0.05) is 31.1 Å². The minimum absolute atomic E-state index is 0.130. The summed E-state index contributed by atoms with van der Waals surface area (Å²) >= 11 is 0. The first-order valence-electron chi connectivity index (χ1n) is 14.1. The Morgan fingerprint density at radius 1 is 0.929 bits per heavy atom. The standard InChI is InChI=1S/C32H36N6O4/c1-5-6-7-29(40)38(30(20(2)3)32(41)42)19-22-8-10-24(11-9-22)28-18-25(14-17-27(28)31-34-36-37-35-31)23-12-15-26(16-13-23)33-21(4)39/h8-18,20,30H,5-7,19H2,1-4H3,(H,33,39)(H,41,42)(H,34,35,36,37). The summed E-state index contributed by atoms with van der Waals surface area (Å²) in [4.78, 5) is 38.1. The van der Waals surface area contributed by atoms with Gasteiger partial charge in [0.2, 0.25) is 17.6 Å². The zero-order chi connectivity index (χ0) is 30.2. The van der Waals surface area contributed by atoms with Gasteiger partial charge in [0.05, 0.1) is 0 Å². The normalized spacial score (nSPS) is 11.7. The molecule has 1 atom stereocenters. The Hall–Kier alpha value is -4.86. The average Bonchev–Trinajstić information content (AvgIpc) is 3.50. The van der Waals surface area contributed by atoms with Gasteiger partial charge >= 0.3 is 5.97 Å². The molecule has 218 valence electrons. The summed E-state index contributed by atoms with van der Waals surface area (Å²) < 4.78 is 0. The van der Waals surface area contributed by atoms with E-state index in [9.17, 15) is 19.5 Å². The third-order valence-electron chi connectivity index (χ3n) is 7.05. The van der Waals surface area contributed by atoms with Crippen LogP contribution in [0.3, 0.4) is 0 Å². The molecule has 0 saturated heterocycles. The minimum atomic E-state index is -1.00. The molecule has 3 aromatic carbocycles. The number of anilines is 1. The minimum Gasteiger partial charge on any atom is -0.480 e. The molecule has 0 aliphatic carbocycles. The van der Waals surface area contributed by atoms with Crippen molar-refractivity contribution in [3.63, 3.8) is 0 Å². The number of hydrogen-bond acceptors (Lipinski definition) is 6. The first kappa shape index (κ1) is 30.1. The van der Waals surface area contributed by atoms with Crippen molar-refractivity contribution in [3.05, 3.63) is 72.3 Å². The Balaban J connectivity index is 1.68. The quantitative estimate of drug-likeness (QED) is 0.196. The molecule has 0 spiro atoms. The molecule has 0 fully saturated rings. The van der Waals surface area contributed by atoms with Gasteiger partial charge in [-0.05, 0) is 69.6 Å². The average molecular weight is 569 g/mol. The van der Waals surface area contributed by atoms with Gasteiger partial charge in [0.25, 0.3) is 0 Å². The Kier molecular flexibility index (Phi) is 9.80. The van der Waals surface area contributed by atoms with Crippen molar-refractivity contribution in [1.82, 2.24) is 25.5 Å². The number of aliphatic carboxylic acids is 1. The molecule has 0 saturated carbocycles. The molecule has 1 aromatic heterocycles. The number of unbranched alkanes of at least 4 members (excludes halogenated alkanes) is 1. The summed E-state index contributed by atoms with van der Waals surface area (Å²) in [6.45, 7) is 7.32. The highest BCUT2D eigenvalue weighted by atomic mass is 16.4. The fourth-order valence-corrected chi connectivity index (χ4v) is 4.96. The number of aromatic nitrogens is 4. The molecular formula is C32H36N6O4. The number of nitrogens with one attached hydrogen (secondary N) is 2. The van der Waals surface area contributed by atoms with E-state index in [1.807, 2.05) is 87.5 Å². The molecule has 3 N–H and O–H groups in total. The summed E-state index contributed by atoms with van der Waals surface area (Å²) in [5.41, 5.74) is 6.06. The maximum Gasteiger partial charge on any atom is 0.326 e. The highest BCUT2D eigenvalue weighted by Gasteiger charge is 2.32. The molecule has 0 aliphatic rings. The molecule has 0 radical (unpaired) electrons. The van der Waals surface area contributed by atoms with Crippen LogP contribution in [0.2, 0.25) is 0 Å². The molecular weight excluding hydrogens is 532 g/mol. The molecule has 1 unspecified atom stereocenters. The van der Waals surface area contributed by atoms with Gasteiger partial charge in [-0.15, -0.1) is 10.2 Å². The van der Waals surface area contributed by atoms with Crippen LogP contribution in [0.15, 0.2) is 66.7 Å². The predicted molar refractivity (Wildman–Crippen MR) is 161 cm³/mol. The van der Waals surface area contributed by atoms with Crippen LogP contribution in [0, 0.1) is 5.92 Å². The largest absolute Gasteiger partial charge is 0.480 e. The Bertz CT molecular complexity index is 1520. The van der Waals surface area contributed by atoms with Gasteiger partial charge < -0.3 is 15.3 Å². The van der Waals surface area contributed by atoms with Crippen LogP contribution in [-0.4, -0.2) is 54.5 Å². The number of hydrogen-bond donors (Lipinski definition) is 3. The second-order valence-corrected chi connectivity index (χ2v) is 10.6. The fraction of sp³-hybridized carbons (Fsp3) is 0.312. The first-order chi connectivity index (χ1) is 20.2. The van der Waals surface area contributed by atoms with Crippen LogP contribution in [0.4, 0.5) is 5.69 Å². The Labute approximate surface area is 245 Å². The summed E-state index contributed by atoms with van der Waals surface area (Å²) in [6, 6.07) is 20.4. The van der Waals surface area contributed by atoms with Gasteiger partial charge in [-0.25, -0.2) is 4.79 Å². The molecule has 42 heavy (non-hydrogen) atoms. The molecule has 4 rings (SSSR count). The third-order valence-corrected chi connectivity index (χ3v) is 7.05. The number of carboxylic acid groups (broad SMARTS) is 1. The molecule has 1 heterocycles. The lowest BCUT2D eigenvalue weighted by Gasteiger charge is -2.32. The number of aromatic amines is 1. The molecule has 0 bridgehead atoms. The number of amides is 2. The lowest BCUT2D eigenvalue weighted by molar-refractivity contribution is -0.153. The van der Waals surface area contributed by atoms with Crippen molar-refractivity contribution in [2.45, 2.75) is 59.5 Å². The first-order valence-corrected chi connectivity index (χ1v) is 14.1. The monoisotopic (exact) mass is 568 g/mol. The molecule has 2 amide bonds. The van der Waals surface area contributed by atoms with Gasteiger partial charge in [0.1, 0.15) is 6.04 Å². The van der Waals surface area contributed by atoms with E-state index in [-0.39, 0.29) is 24.3 Å². The summed E-state index contributed by atoms with van der Waals surface area (Å²) in [7, 11) is 0. The lowest BCUT2D eigenvalue weighted by atomic mass is 9.93. The van der Waals surface area contributed by atoms with E-state index in [2.05, 4.69) is 25.9 Å². The fourth-order valence-electron chi connectivity index (χ4n) is 4.96. The van der Waals surface area contributed by atoms with Crippen molar-refractivity contribution in [2.24, 2.45) is 5.92 Å². The van der Waals surface area contributed by atoms with Crippen molar-refractivity contribution in [1.29, 1.82) is 0 Å². The number of tetrazole rings is 1. The SMILES string of the molecule is CCCCC(=O)N(Cc1ccc(-c2cc(-c3ccc(NC(C)=O)cc3)ccc2-c2nn[nH]n2)cc1)C(C(=O)O)C(C)C. The second kappa shape index (κ2) is 13.7. The van der Waals surface area contributed by atoms with Gasteiger partial charge in [-0.2, -0.15) is 5.21 Å². The highest BCUT2D eigenvalue weighted by Crippen LogP contribution is 2.35. The second-order valence-electron chi connectivity index (χ2n) is 10.6. The molecule has 4 aromatic rings. The van der Waals surface area contributed by atoms with E-state index in [1.165, 1.54) is 11.8 Å². The number of carbonyl (C=O) groups is 3. The number of rotatable bonds is 12. The summed E-state index contributed by atoms with van der Waals surface area (Å²) in [5, 5.41) is 27.3. The van der Waals surface area contributed by atoms with E-state index in [1.54, 1.807) is 0 Å². The topological polar surface area (TPSA) is 141 Å². The van der Waals surface area contributed by atoms with Gasteiger partial charge in [0.15, 0.2) is 0 Å². The maximum absolute atomic E-state index is 13.1. The number of carboxylic acids is 1. The number of benzene rings is 3. The maximum atomic E-state index is 13.1. The van der Waals surface area contributed by atoms with Crippen LogP contribution < -0.4 is 5.32 Å². The van der Waals surface area contributed by atoms with Crippen molar-refractivity contribution < 1.29 is 19.5 Å². The summed E-state index contributed by atoms with van der Waals surface area (Å²) in [6.07, 6.45) is 1.89. The smallest absolute Gasteiger partial charge is 0.326 e. The van der Waals surface area contributed by atoms with Crippen LogP contribution in [0.5, 0.6) is 0 Å². The zero-order valence-electron chi connectivity index (χ0n) is 24.3. The summed E-state index contributed by atoms with van der Waals surface area (Å²) in [5.74, 6) is -1.07. The van der Waals surface area contributed by atoms with Gasteiger partial charge in [-0.3, -0.25) is 9.59 Å². The molecule has 10 nitrogen and oxygen atoms in total. The van der Waals surface area contributed by atoms with Crippen LogP contribution in [-0.2, 0) is 20.9 Å². The van der Waals surface area contributed by atoms with E-state index in [0.717, 1.165) is 45.5 Å². The van der Waals surface area contributed by atoms with Crippen molar-refractivity contribution in [3.8, 4) is 33.6 Å². The molecule has 0 aliphatic heterocycles. The Morgan fingerprint density at radius 2 is 1.60 bits per heavy atom. The van der Waals surface area contributed by atoms with Crippen LogP contribution >= 0.6 is 0 Å². The van der Waals surface area contributed by atoms with E-state index in [0.29, 0.717) is 18.7 Å². The van der Waals surface area contributed by atoms with Gasteiger partial charge in [-0.1, -0.05) is 69.7 Å². The number of H-pyrrole nitrogens is 1. The lowest BCUT2D eigenvalue weighted by Crippen LogP contribution is -2.47. The van der Waals surface area contributed by atoms with E-state index >= 15 is 0 Å². The number of nitrogens with zero attached hydrogens (tertiary/aromatic N) is 4.